The second kappa shape index (κ2) is 7.49. The van der Waals surface area contributed by atoms with E-state index in [0.29, 0.717) is 31.6 Å². The number of rotatable bonds is 8. The Hall–Kier alpha value is -1.50. The normalized spacial score (nSPS) is 11.7. The van der Waals surface area contributed by atoms with Crippen LogP contribution in [0.15, 0.2) is 18.2 Å². The molecule has 2 rings (SSSR count). The summed E-state index contributed by atoms with van der Waals surface area (Å²) in [5.74, 6) is 0.530. The zero-order valence-corrected chi connectivity index (χ0v) is 12.3. The number of likely N-dealkylation sites (N-methyl/N-ethyl adjacent to an activating group) is 1. The Morgan fingerprint density at radius 2 is 2.10 bits per heavy atom. The highest BCUT2D eigenvalue weighted by Crippen LogP contribution is 2.19. The van der Waals surface area contributed by atoms with Crippen LogP contribution in [-0.4, -0.2) is 51.0 Å². The fourth-order valence-corrected chi connectivity index (χ4v) is 2.44. The maximum Gasteiger partial charge on any atom is 0.125 e. The first-order valence-corrected chi connectivity index (χ1v) is 7.28. The van der Waals surface area contributed by atoms with Crippen molar-refractivity contribution in [2.75, 3.05) is 26.3 Å². The fourth-order valence-electron chi connectivity index (χ4n) is 2.44. The molecular formula is C15H22FN3O2. The van der Waals surface area contributed by atoms with Gasteiger partial charge in [0.05, 0.1) is 24.2 Å². The summed E-state index contributed by atoms with van der Waals surface area (Å²) in [5, 5.41) is 18.1. The predicted octanol–water partition coefficient (Wildman–Crippen LogP) is 1.37. The summed E-state index contributed by atoms with van der Waals surface area (Å²) >= 11 is 0. The third-order valence-corrected chi connectivity index (χ3v) is 3.56. The van der Waals surface area contributed by atoms with Crippen LogP contribution in [0.3, 0.4) is 0 Å². The molecule has 0 aliphatic heterocycles. The topological polar surface area (TPSA) is 61.5 Å². The highest BCUT2D eigenvalue weighted by atomic mass is 19.1. The molecule has 0 bridgehead atoms. The first-order valence-electron chi connectivity index (χ1n) is 7.28. The number of nitrogens with zero attached hydrogens (tertiary/aromatic N) is 3. The molecule has 6 heteroatoms. The van der Waals surface area contributed by atoms with Crippen LogP contribution in [0.1, 0.15) is 19.2 Å². The molecule has 116 valence electrons. The lowest BCUT2D eigenvalue weighted by molar-refractivity contribution is 0.192. The summed E-state index contributed by atoms with van der Waals surface area (Å²) in [6, 6.07) is 4.58. The van der Waals surface area contributed by atoms with Gasteiger partial charge >= 0.3 is 0 Å². The summed E-state index contributed by atoms with van der Waals surface area (Å²) in [4.78, 5) is 6.59. The molecular weight excluding hydrogens is 273 g/mol. The lowest BCUT2D eigenvalue weighted by Crippen LogP contribution is -2.27. The van der Waals surface area contributed by atoms with Gasteiger partial charge in [0.25, 0.3) is 0 Å². The van der Waals surface area contributed by atoms with Crippen LogP contribution in [0, 0.1) is 5.82 Å². The second-order valence-corrected chi connectivity index (χ2v) is 4.98. The molecule has 0 unspecified atom stereocenters. The molecule has 2 N–H and O–H groups in total. The molecule has 21 heavy (non-hydrogen) atoms. The monoisotopic (exact) mass is 295 g/mol. The van der Waals surface area contributed by atoms with Crippen LogP contribution in [-0.2, 0) is 13.1 Å². The molecule has 0 saturated carbocycles. The smallest absolute Gasteiger partial charge is 0.125 e. The van der Waals surface area contributed by atoms with Crippen LogP contribution in [0.4, 0.5) is 4.39 Å². The van der Waals surface area contributed by atoms with Gasteiger partial charge in [-0.25, -0.2) is 9.37 Å². The third kappa shape index (κ3) is 3.78. The summed E-state index contributed by atoms with van der Waals surface area (Å²) in [6.07, 6.45) is 0.627. The SMILES string of the molecule is CCN(CCO)Cc1nc2cc(F)ccc2n1CCCO. The lowest BCUT2D eigenvalue weighted by atomic mass is 10.3. The van der Waals surface area contributed by atoms with E-state index in [2.05, 4.69) is 9.88 Å². The molecule has 0 radical (unpaired) electrons. The van der Waals surface area contributed by atoms with Crippen molar-refractivity contribution in [2.24, 2.45) is 0 Å². The van der Waals surface area contributed by atoms with Crippen LogP contribution >= 0.6 is 0 Å². The van der Waals surface area contributed by atoms with Crippen molar-refractivity contribution in [2.45, 2.75) is 26.4 Å². The summed E-state index contributed by atoms with van der Waals surface area (Å²) < 4.78 is 15.4. The standard InChI is InChI=1S/C15H22FN3O2/c1-2-18(7-9-21)11-15-17-13-10-12(16)4-5-14(13)19(15)6-3-8-20/h4-5,10,20-21H,2-3,6-9,11H2,1H3. The minimum Gasteiger partial charge on any atom is -0.396 e. The Kier molecular flexibility index (Phi) is 5.67. The molecule has 0 aliphatic carbocycles. The van der Waals surface area contributed by atoms with Crippen molar-refractivity contribution < 1.29 is 14.6 Å². The molecule has 0 amide bonds. The lowest BCUT2D eigenvalue weighted by Gasteiger charge is -2.19. The molecule has 2 aromatic rings. The molecule has 5 nitrogen and oxygen atoms in total. The number of hydrogen-bond acceptors (Lipinski definition) is 4. The number of imidazole rings is 1. The Balaban J connectivity index is 2.35. The Bertz CT molecular complexity index is 586. The highest BCUT2D eigenvalue weighted by Gasteiger charge is 2.14. The Labute approximate surface area is 123 Å². The van der Waals surface area contributed by atoms with Crippen molar-refractivity contribution in [3.63, 3.8) is 0 Å². The van der Waals surface area contributed by atoms with Crippen molar-refractivity contribution >= 4 is 11.0 Å². The average molecular weight is 295 g/mol. The Morgan fingerprint density at radius 1 is 1.29 bits per heavy atom. The molecule has 1 aromatic heterocycles. The van der Waals surface area contributed by atoms with Crippen molar-refractivity contribution in [1.29, 1.82) is 0 Å². The summed E-state index contributed by atoms with van der Waals surface area (Å²) in [6.45, 7) is 4.85. The van der Waals surface area contributed by atoms with E-state index in [1.807, 2.05) is 11.5 Å². The van der Waals surface area contributed by atoms with Gasteiger partial charge in [-0.15, -0.1) is 0 Å². The van der Waals surface area contributed by atoms with Gasteiger partial charge < -0.3 is 14.8 Å². The molecule has 0 spiro atoms. The zero-order chi connectivity index (χ0) is 15.2. The van der Waals surface area contributed by atoms with E-state index in [0.717, 1.165) is 17.9 Å². The maximum atomic E-state index is 13.3. The van der Waals surface area contributed by atoms with Crippen molar-refractivity contribution in [3.8, 4) is 0 Å². The number of hydrogen-bond donors (Lipinski definition) is 2. The van der Waals surface area contributed by atoms with Gasteiger partial charge in [-0.2, -0.15) is 0 Å². The summed E-state index contributed by atoms with van der Waals surface area (Å²) in [7, 11) is 0. The minimum absolute atomic E-state index is 0.0966. The van der Waals surface area contributed by atoms with Gasteiger partial charge in [-0.1, -0.05) is 6.92 Å². The molecule has 0 saturated heterocycles. The van der Waals surface area contributed by atoms with Gasteiger partial charge in [-0.05, 0) is 25.1 Å². The second-order valence-electron chi connectivity index (χ2n) is 4.98. The number of fused-ring (bicyclic) bond motifs is 1. The molecule has 0 atom stereocenters. The van der Waals surface area contributed by atoms with Gasteiger partial charge in [-0.3, -0.25) is 4.90 Å². The van der Waals surface area contributed by atoms with Crippen molar-refractivity contribution in [3.05, 3.63) is 29.8 Å². The fraction of sp³-hybridized carbons (Fsp3) is 0.533. The quantitative estimate of drug-likeness (QED) is 0.772. The van der Waals surface area contributed by atoms with E-state index in [9.17, 15) is 4.39 Å². The number of halogens is 1. The first kappa shape index (κ1) is 15.9. The van der Waals surface area contributed by atoms with E-state index >= 15 is 0 Å². The van der Waals surface area contributed by atoms with Gasteiger partial charge in [0, 0.05) is 25.8 Å². The van der Waals surface area contributed by atoms with Gasteiger partial charge in [0.1, 0.15) is 11.6 Å². The Morgan fingerprint density at radius 3 is 2.76 bits per heavy atom. The third-order valence-electron chi connectivity index (χ3n) is 3.56. The number of aromatic nitrogens is 2. The maximum absolute atomic E-state index is 13.3. The molecule has 1 aromatic carbocycles. The highest BCUT2D eigenvalue weighted by molar-refractivity contribution is 5.76. The van der Waals surface area contributed by atoms with Crippen molar-refractivity contribution in [1.82, 2.24) is 14.5 Å². The van der Waals surface area contributed by atoms with Crippen LogP contribution in [0.25, 0.3) is 11.0 Å². The predicted molar refractivity (Wildman–Crippen MR) is 79.4 cm³/mol. The van der Waals surface area contributed by atoms with E-state index in [4.69, 9.17) is 10.2 Å². The zero-order valence-electron chi connectivity index (χ0n) is 12.3. The molecule has 0 fully saturated rings. The molecule has 0 aliphatic rings. The first-order chi connectivity index (χ1) is 10.2. The largest absolute Gasteiger partial charge is 0.396 e. The van der Waals surface area contributed by atoms with E-state index in [1.54, 1.807) is 6.07 Å². The van der Waals surface area contributed by atoms with Gasteiger partial charge in [0.15, 0.2) is 0 Å². The average Bonchev–Trinajstić information content (AvgIpc) is 2.80. The van der Waals surface area contributed by atoms with Crippen LogP contribution in [0.2, 0.25) is 0 Å². The van der Waals surface area contributed by atoms with Crippen LogP contribution < -0.4 is 0 Å². The number of benzene rings is 1. The minimum atomic E-state index is -0.302. The van der Waals surface area contributed by atoms with Crippen LogP contribution in [0.5, 0.6) is 0 Å². The van der Waals surface area contributed by atoms with E-state index in [-0.39, 0.29) is 19.0 Å². The number of aliphatic hydroxyl groups excluding tert-OH is 2. The molecule has 1 heterocycles. The number of aryl methyl sites for hydroxylation is 1. The van der Waals surface area contributed by atoms with E-state index in [1.165, 1.54) is 12.1 Å². The van der Waals surface area contributed by atoms with Gasteiger partial charge in [0.2, 0.25) is 0 Å². The summed E-state index contributed by atoms with van der Waals surface area (Å²) in [5.41, 5.74) is 1.50. The van der Waals surface area contributed by atoms with E-state index < -0.39 is 0 Å². The number of aliphatic hydroxyl groups is 2.